The van der Waals surface area contributed by atoms with Crippen LogP contribution in [-0.4, -0.2) is 12.6 Å². The molecule has 0 atom stereocenters. The van der Waals surface area contributed by atoms with Crippen LogP contribution >= 0.6 is 0 Å². The number of carbonyl (C=O) groups excluding carboxylic acids is 1. The van der Waals surface area contributed by atoms with Gasteiger partial charge in [-0.25, -0.2) is 10.2 Å². The first-order chi connectivity index (χ1) is 3.33. The molecule has 0 aromatic carbocycles. The van der Waals surface area contributed by atoms with E-state index in [4.69, 9.17) is 16.0 Å². The summed E-state index contributed by atoms with van der Waals surface area (Å²) in [6.45, 7) is 2.79. The topological polar surface area (TPSA) is 79.0 Å². The average molecular weight is 103 g/mol. The van der Waals surface area contributed by atoms with E-state index in [1.807, 2.05) is 6.92 Å². The van der Waals surface area contributed by atoms with E-state index in [1.165, 1.54) is 0 Å². The Morgan fingerprint density at radius 1 is 2.00 bits per heavy atom. The van der Waals surface area contributed by atoms with Crippen LogP contribution in [0.15, 0.2) is 0 Å². The smallest absolute Gasteiger partial charge is 0.231 e. The average Bonchev–Trinajstić information content (AvgIpc) is 1.69. The predicted molar refractivity (Wildman–Crippen MR) is 26.3 cm³/mol. The number of isocyanates is 1. The van der Waals surface area contributed by atoms with Crippen molar-refractivity contribution in [2.75, 3.05) is 6.54 Å². The highest BCUT2D eigenvalue weighted by Gasteiger charge is 1.50. The number of hydrogen-bond donors (Lipinski definition) is 3. The first-order valence-electron chi connectivity index (χ1n) is 1.80. The molecule has 0 spiro atoms. The minimum Gasteiger partial charge on any atom is -0.271 e. The first-order valence-corrected chi connectivity index (χ1v) is 1.80. The molecule has 0 aliphatic carbocycles. The van der Waals surface area contributed by atoms with Gasteiger partial charge in [0.05, 0.1) is 0 Å². The van der Waals surface area contributed by atoms with Crippen LogP contribution in [0, 0.1) is 5.41 Å². The number of hydrazine groups is 1. The Morgan fingerprint density at radius 2 is 2.14 bits per heavy atom. The summed E-state index contributed by atoms with van der Waals surface area (Å²) in [7, 11) is 0. The van der Waals surface area contributed by atoms with Gasteiger partial charge in [-0.05, 0) is 0 Å². The number of nitrogens with one attached hydrogen (secondary N) is 2. The van der Waals surface area contributed by atoms with Crippen molar-refractivity contribution in [1.82, 2.24) is 5.43 Å². The normalized spacial score (nSPS) is 5.43. The Balaban J connectivity index is 0. The molecule has 0 radical (unpaired) electrons. The SMILES string of the molecule is CCNN.N=C=O. The number of nitrogens with two attached hydrogens (primary N) is 1. The van der Waals surface area contributed by atoms with Crippen molar-refractivity contribution < 1.29 is 4.79 Å². The van der Waals surface area contributed by atoms with Crippen molar-refractivity contribution in [3.05, 3.63) is 0 Å². The molecule has 0 bridgehead atoms. The first kappa shape index (κ1) is 9.57. The zero-order chi connectivity index (χ0) is 6.12. The van der Waals surface area contributed by atoms with E-state index >= 15 is 0 Å². The van der Waals surface area contributed by atoms with Gasteiger partial charge in [-0.3, -0.25) is 11.3 Å². The molecule has 0 heterocycles. The highest BCUT2D eigenvalue weighted by Crippen LogP contribution is 1.30. The second-order valence-electron chi connectivity index (χ2n) is 0.660. The van der Waals surface area contributed by atoms with Crippen LogP contribution in [-0.2, 0) is 4.79 Å². The lowest BCUT2D eigenvalue weighted by Crippen LogP contribution is -2.20. The fraction of sp³-hybridized carbons (Fsp3) is 0.667. The monoisotopic (exact) mass is 103 g/mol. The van der Waals surface area contributed by atoms with Crippen LogP contribution in [0.5, 0.6) is 0 Å². The van der Waals surface area contributed by atoms with Crippen LogP contribution in [0.25, 0.3) is 0 Å². The van der Waals surface area contributed by atoms with Crippen LogP contribution in [0.3, 0.4) is 0 Å². The summed E-state index contributed by atoms with van der Waals surface area (Å²) in [5.74, 6) is 4.78. The van der Waals surface area contributed by atoms with Crippen molar-refractivity contribution >= 4 is 6.08 Å². The molecule has 0 aromatic heterocycles. The Morgan fingerprint density at radius 3 is 2.14 bits per heavy atom. The largest absolute Gasteiger partial charge is 0.271 e. The fourth-order valence-electron chi connectivity index (χ4n) is 0. The summed E-state index contributed by atoms with van der Waals surface area (Å²) in [5.41, 5.74) is 2.43. The van der Waals surface area contributed by atoms with Crippen molar-refractivity contribution in [2.45, 2.75) is 6.92 Å². The summed E-state index contributed by atoms with van der Waals surface area (Å²) in [6.07, 6.45) is 0.750. The Kier molecular flexibility index (Phi) is 25.3. The van der Waals surface area contributed by atoms with Gasteiger partial charge in [-0.15, -0.1) is 0 Å². The fourth-order valence-corrected chi connectivity index (χ4v) is 0. The maximum absolute atomic E-state index is 8.35. The van der Waals surface area contributed by atoms with Crippen LogP contribution in [0.1, 0.15) is 6.92 Å². The minimum absolute atomic E-state index is 0.750. The lowest BCUT2D eigenvalue weighted by Gasteiger charge is -1.77. The van der Waals surface area contributed by atoms with Gasteiger partial charge in [0.15, 0.2) is 0 Å². The molecule has 0 aliphatic rings. The Bertz CT molecular complexity index is 46.1. The van der Waals surface area contributed by atoms with Crippen LogP contribution in [0.4, 0.5) is 0 Å². The molecule has 7 heavy (non-hydrogen) atoms. The molecule has 4 N–H and O–H groups in total. The van der Waals surface area contributed by atoms with Gasteiger partial charge in [0.25, 0.3) is 0 Å². The van der Waals surface area contributed by atoms with E-state index in [1.54, 1.807) is 0 Å². The summed E-state index contributed by atoms with van der Waals surface area (Å²) < 4.78 is 0. The van der Waals surface area contributed by atoms with E-state index in [-0.39, 0.29) is 0 Å². The molecule has 0 aliphatic heterocycles. The zero-order valence-electron chi connectivity index (χ0n) is 4.19. The van der Waals surface area contributed by atoms with E-state index < -0.39 is 0 Å². The molecule has 42 valence electrons. The van der Waals surface area contributed by atoms with Crippen LogP contribution < -0.4 is 11.3 Å². The summed E-state index contributed by atoms with van der Waals surface area (Å²) in [5, 5.41) is 5.40. The molecule has 0 rings (SSSR count). The lowest BCUT2D eigenvalue weighted by atomic mass is 10.8. The standard InChI is InChI=1S/C2H8N2.CHNO/c1-2-4-3;2-1-3/h4H,2-3H2,1H3;2H. The third kappa shape index (κ3) is 641. The van der Waals surface area contributed by atoms with E-state index in [0.717, 1.165) is 12.6 Å². The van der Waals surface area contributed by atoms with Crippen molar-refractivity contribution in [3.63, 3.8) is 0 Å². The number of rotatable bonds is 1. The van der Waals surface area contributed by atoms with Crippen molar-refractivity contribution in [1.29, 1.82) is 5.41 Å². The molecule has 4 heteroatoms. The summed E-state index contributed by atoms with van der Waals surface area (Å²) >= 11 is 0. The Labute approximate surface area is 42.2 Å². The molecular weight excluding hydrogens is 94.1 g/mol. The highest BCUT2D eigenvalue weighted by molar-refractivity contribution is 5.26. The van der Waals surface area contributed by atoms with Crippen LogP contribution in [0.2, 0.25) is 0 Å². The third-order valence-electron chi connectivity index (χ3n) is 0.204. The molecular formula is C3H9N3O. The number of hydrogen-bond acceptors (Lipinski definition) is 4. The molecule has 0 amide bonds. The maximum atomic E-state index is 8.35. The summed E-state index contributed by atoms with van der Waals surface area (Å²) in [6, 6.07) is 0. The molecule has 0 unspecified atom stereocenters. The van der Waals surface area contributed by atoms with E-state index in [9.17, 15) is 0 Å². The highest BCUT2D eigenvalue weighted by atomic mass is 16.1. The second-order valence-corrected chi connectivity index (χ2v) is 0.660. The van der Waals surface area contributed by atoms with E-state index in [2.05, 4.69) is 5.43 Å². The zero-order valence-corrected chi connectivity index (χ0v) is 4.19. The van der Waals surface area contributed by atoms with Gasteiger partial charge in [0, 0.05) is 6.54 Å². The van der Waals surface area contributed by atoms with Gasteiger partial charge in [0.1, 0.15) is 0 Å². The molecule has 0 fully saturated rings. The van der Waals surface area contributed by atoms with Gasteiger partial charge >= 0.3 is 0 Å². The van der Waals surface area contributed by atoms with Crippen molar-refractivity contribution in [2.24, 2.45) is 5.84 Å². The van der Waals surface area contributed by atoms with Gasteiger partial charge in [-0.2, -0.15) is 0 Å². The van der Waals surface area contributed by atoms with Gasteiger partial charge in [0.2, 0.25) is 6.08 Å². The summed E-state index contributed by atoms with van der Waals surface area (Å²) in [4.78, 5) is 8.35. The molecule has 0 saturated carbocycles. The predicted octanol–water partition coefficient (Wildman–Crippen LogP) is -0.629. The van der Waals surface area contributed by atoms with Gasteiger partial charge in [-0.1, -0.05) is 6.92 Å². The Hall–Kier alpha value is -0.700. The molecule has 0 saturated heterocycles. The maximum Gasteiger partial charge on any atom is 0.231 e. The third-order valence-corrected chi connectivity index (χ3v) is 0.204. The lowest BCUT2D eigenvalue weighted by molar-refractivity contribution is 0.563. The van der Waals surface area contributed by atoms with Gasteiger partial charge < -0.3 is 0 Å². The minimum atomic E-state index is 0.750. The quantitative estimate of drug-likeness (QED) is 0.179. The molecule has 0 aromatic rings. The van der Waals surface area contributed by atoms with E-state index in [0.29, 0.717) is 0 Å². The molecule has 4 nitrogen and oxygen atoms in total. The van der Waals surface area contributed by atoms with Crippen molar-refractivity contribution in [3.8, 4) is 0 Å². The second kappa shape index (κ2) is 18.5.